The molecule has 0 saturated heterocycles. The summed E-state index contributed by atoms with van der Waals surface area (Å²) in [5, 5.41) is 0. The lowest BCUT2D eigenvalue weighted by atomic mass is 10.4. The zero-order chi connectivity index (χ0) is 7.98. The Morgan fingerprint density at radius 3 is 2.50 bits per heavy atom. The van der Waals surface area contributed by atoms with Gasteiger partial charge in [0.1, 0.15) is 0 Å². The first-order valence-corrected chi connectivity index (χ1v) is 3.29. The first kappa shape index (κ1) is 9.41. The van der Waals surface area contributed by atoms with Crippen LogP contribution in [0.5, 0.6) is 0 Å². The molecule has 2 atom stereocenters. The lowest BCUT2D eigenvalue weighted by molar-refractivity contribution is -0.132. The van der Waals surface area contributed by atoms with Gasteiger partial charge in [0.15, 0.2) is 6.29 Å². The second kappa shape index (κ2) is 5.21. The van der Waals surface area contributed by atoms with Crippen LogP contribution in [0.1, 0.15) is 20.3 Å². The van der Waals surface area contributed by atoms with Gasteiger partial charge in [0, 0.05) is 13.5 Å². The second-order valence-electron chi connectivity index (χ2n) is 1.93. The maximum absolute atomic E-state index is 6.67. The predicted molar refractivity (Wildman–Crippen MR) is 38.2 cm³/mol. The molecule has 58 valence electrons. The van der Waals surface area contributed by atoms with Crippen LogP contribution in [0.4, 0.5) is 0 Å². The smallest absolute Gasteiger partial charge is 0.329 e. The van der Waals surface area contributed by atoms with E-state index < -0.39 is 0 Å². The standard InChI is InChI=1S/C7H13NO2/c1-5-7(8-3)10-6(2)9-4/h6-7H,5H2,1-2,4H3. The third-order valence-electron chi connectivity index (χ3n) is 1.17. The Kier molecular flexibility index (Phi) is 4.91. The molecule has 0 aliphatic rings. The van der Waals surface area contributed by atoms with E-state index in [1.165, 1.54) is 0 Å². The Balaban J connectivity index is 3.54. The van der Waals surface area contributed by atoms with Crippen LogP contribution in [0.3, 0.4) is 0 Å². The van der Waals surface area contributed by atoms with Gasteiger partial charge in [0.05, 0.1) is 0 Å². The van der Waals surface area contributed by atoms with Crippen LogP contribution in [-0.4, -0.2) is 19.6 Å². The first-order valence-electron chi connectivity index (χ1n) is 3.29. The third-order valence-corrected chi connectivity index (χ3v) is 1.17. The summed E-state index contributed by atoms with van der Waals surface area (Å²) < 4.78 is 9.94. The SMILES string of the molecule is [C-]#[N+]C(CC)OC(C)OC. The summed E-state index contributed by atoms with van der Waals surface area (Å²) in [6.45, 7) is 10.4. The van der Waals surface area contributed by atoms with Gasteiger partial charge in [-0.2, -0.15) is 0 Å². The summed E-state index contributed by atoms with van der Waals surface area (Å²) in [6, 6.07) is 0. The van der Waals surface area contributed by atoms with Gasteiger partial charge in [-0.25, -0.2) is 6.57 Å². The molecule has 2 unspecified atom stereocenters. The van der Waals surface area contributed by atoms with Crippen LogP contribution in [0.2, 0.25) is 0 Å². The number of hydrogen-bond donors (Lipinski definition) is 0. The van der Waals surface area contributed by atoms with Gasteiger partial charge in [0.2, 0.25) is 0 Å². The summed E-state index contributed by atoms with van der Waals surface area (Å²) in [7, 11) is 1.56. The molecule has 3 heteroatoms. The fourth-order valence-corrected chi connectivity index (χ4v) is 0.495. The summed E-state index contributed by atoms with van der Waals surface area (Å²) >= 11 is 0. The van der Waals surface area contributed by atoms with Crippen molar-refractivity contribution in [1.29, 1.82) is 0 Å². The molecule has 0 aliphatic carbocycles. The number of ether oxygens (including phenoxy) is 2. The van der Waals surface area contributed by atoms with E-state index in [-0.39, 0.29) is 12.5 Å². The highest BCUT2D eigenvalue weighted by atomic mass is 16.7. The third kappa shape index (κ3) is 3.44. The predicted octanol–water partition coefficient (Wildman–Crippen LogP) is 1.65. The fraction of sp³-hybridized carbons (Fsp3) is 0.857. The molecular formula is C7H13NO2. The molecule has 0 N–H and O–H groups in total. The van der Waals surface area contributed by atoms with Gasteiger partial charge >= 0.3 is 6.23 Å². The highest BCUT2D eigenvalue weighted by molar-refractivity contribution is 4.65. The lowest BCUT2D eigenvalue weighted by Gasteiger charge is -2.10. The van der Waals surface area contributed by atoms with Crippen molar-refractivity contribution in [3.05, 3.63) is 11.4 Å². The summed E-state index contributed by atoms with van der Waals surface area (Å²) in [4.78, 5) is 3.24. The summed E-state index contributed by atoms with van der Waals surface area (Å²) in [6.07, 6.45) is 0.0750. The topological polar surface area (TPSA) is 22.8 Å². The largest absolute Gasteiger partial charge is 0.356 e. The van der Waals surface area contributed by atoms with E-state index in [4.69, 9.17) is 16.0 Å². The average molecular weight is 143 g/mol. The molecule has 0 aromatic rings. The lowest BCUT2D eigenvalue weighted by Crippen LogP contribution is -2.17. The monoisotopic (exact) mass is 143 g/mol. The van der Waals surface area contributed by atoms with E-state index in [1.807, 2.05) is 6.92 Å². The molecule has 3 nitrogen and oxygen atoms in total. The molecule has 0 spiro atoms. The number of hydrogen-bond acceptors (Lipinski definition) is 2. The molecular weight excluding hydrogens is 130 g/mol. The Morgan fingerprint density at radius 2 is 2.20 bits per heavy atom. The minimum atomic E-state index is -0.352. The number of nitrogens with zero attached hydrogens (tertiary/aromatic N) is 1. The van der Waals surface area contributed by atoms with Crippen molar-refractivity contribution in [2.24, 2.45) is 0 Å². The maximum Gasteiger partial charge on any atom is 0.329 e. The zero-order valence-corrected chi connectivity index (χ0v) is 6.63. The van der Waals surface area contributed by atoms with Gasteiger partial charge in [0.25, 0.3) is 0 Å². The van der Waals surface area contributed by atoms with Crippen LogP contribution in [0.15, 0.2) is 0 Å². The molecule has 0 heterocycles. The number of methoxy groups -OCH3 is 1. The van der Waals surface area contributed by atoms with Crippen molar-refractivity contribution in [3.8, 4) is 0 Å². The Labute approximate surface area is 61.8 Å². The van der Waals surface area contributed by atoms with E-state index in [9.17, 15) is 0 Å². The molecule has 0 radical (unpaired) electrons. The quantitative estimate of drug-likeness (QED) is 0.441. The Bertz CT molecular complexity index is 119. The molecule has 0 fully saturated rings. The van der Waals surface area contributed by atoms with Crippen molar-refractivity contribution in [1.82, 2.24) is 0 Å². The molecule has 0 amide bonds. The van der Waals surface area contributed by atoms with Crippen molar-refractivity contribution in [2.45, 2.75) is 32.8 Å². The number of rotatable bonds is 4. The van der Waals surface area contributed by atoms with Gasteiger partial charge in [-0.1, -0.05) is 6.92 Å². The molecule has 0 aromatic carbocycles. The van der Waals surface area contributed by atoms with Crippen LogP contribution in [0, 0.1) is 6.57 Å². The second-order valence-corrected chi connectivity index (χ2v) is 1.93. The zero-order valence-electron chi connectivity index (χ0n) is 6.63. The van der Waals surface area contributed by atoms with Crippen LogP contribution < -0.4 is 0 Å². The van der Waals surface area contributed by atoms with Crippen LogP contribution >= 0.6 is 0 Å². The maximum atomic E-state index is 6.67. The molecule has 0 aliphatic heterocycles. The van der Waals surface area contributed by atoms with Gasteiger partial charge in [-0.15, -0.1) is 0 Å². The molecule has 0 aromatic heterocycles. The fourth-order valence-electron chi connectivity index (χ4n) is 0.495. The van der Waals surface area contributed by atoms with E-state index in [0.717, 1.165) is 0 Å². The molecule has 0 bridgehead atoms. The van der Waals surface area contributed by atoms with E-state index in [0.29, 0.717) is 6.42 Å². The van der Waals surface area contributed by atoms with Crippen molar-refractivity contribution >= 4 is 0 Å². The minimum Gasteiger partial charge on any atom is -0.356 e. The Morgan fingerprint density at radius 1 is 1.60 bits per heavy atom. The van der Waals surface area contributed by atoms with Crippen molar-refractivity contribution in [3.63, 3.8) is 0 Å². The van der Waals surface area contributed by atoms with Gasteiger partial charge in [-0.3, -0.25) is 9.58 Å². The summed E-state index contributed by atoms with van der Waals surface area (Å²) in [5.41, 5.74) is 0. The highest BCUT2D eigenvalue weighted by Gasteiger charge is 2.12. The van der Waals surface area contributed by atoms with Crippen LogP contribution in [0.25, 0.3) is 4.85 Å². The molecule has 0 saturated carbocycles. The van der Waals surface area contributed by atoms with Crippen LogP contribution in [-0.2, 0) is 9.47 Å². The Hall–Kier alpha value is -0.590. The van der Waals surface area contributed by atoms with Crippen molar-refractivity contribution < 1.29 is 9.47 Å². The molecule has 0 rings (SSSR count). The van der Waals surface area contributed by atoms with Gasteiger partial charge in [-0.05, 0) is 6.92 Å². The summed E-state index contributed by atoms with van der Waals surface area (Å²) in [5.74, 6) is 0. The normalized spacial score (nSPS) is 15.8. The average Bonchev–Trinajstić information content (AvgIpc) is 1.99. The van der Waals surface area contributed by atoms with Crippen molar-refractivity contribution in [2.75, 3.05) is 7.11 Å². The molecule has 10 heavy (non-hydrogen) atoms. The highest BCUT2D eigenvalue weighted by Crippen LogP contribution is 2.03. The van der Waals surface area contributed by atoms with Gasteiger partial charge < -0.3 is 4.74 Å². The van der Waals surface area contributed by atoms with E-state index in [2.05, 4.69) is 4.85 Å². The van der Waals surface area contributed by atoms with E-state index in [1.54, 1.807) is 14.0 Å². The first-order chi connectivity index (χ1) is 4.74. The minimum absolute atomic E-state index is 0.279. The van der Waals surface area contributed by atoms with E-state index >= 15 is 0 Å².